The van der Waals surface area contributed by atoms with Crippen LogP contribution >= 0.6 is 0 Å². The van der Waals surface area contributed by atoms with Crippen LogP contribution in [0.4, 0.5) is 0 Å². The zero-order chi connectivity index (χ0) is 17.9. The molecule has 2 fully saturated rings. The van der Waals surface area contributed by atoms with E-state index in [0.29, 0.717) is 29.3 Å². The average Bonchev–Trinajstić information content (AvgIpc) is 3.21. The van der Waals surface area contributed by atoms with Crippen LogP contribution in [0, 0.1) is 5.92 Å². The number of carbonyl (C=O) groups is 1. The van der Waals surface area contributed by atoms with Gasteiger partial charge < -0.3 is 9.88 Å². The first-order valence-electron chi connectivity index (χ1n) is 10.0. The first-order valence-corrected chi connectivity index (χ1v) is 10.0. The van der Waals surface area contributed by atoms with E-state index in [-0.39, 0.29) is 17.4 Å². The number of para-hydroxylation sites is 1. The van der Waals surface area contributed by atoms with Gasteiger partial charge in [0, 0.05) is 12.0 Å². The maximum absolute atomic E-state index is 13.2. The van der Waals surface area contributed by atoms with E-state index >= 15 is 0 Å². The maximum atomic E-state index is 13.2. The van der Waals surface area contributed by atoms with Gasteiger partial charge >= 0.3 is 0 Å². The molecule has 1 amide bonds. The topological polar surface area (TPSA) is 66.1 Å². The third-order valence-electron chi connectivity index (χ3n) is 5.98. The van der Waals surface area contributed by atoms with E-state index in [2.05, 4.69) is 9.97 Å². The number of hydrogen-bond acceptors (Lipinski definition) is 3. The summed E-state index contributed by atoms with van der Waals surface area (Å²) >= 11 is 0. The van der Waals surface area contributed by atoms with Crippen molar-refractivity contribution in [2.24, 2.45) is 5.92 Å². The van der Waals surface area contributed by atoms with Crippen LogP contribution in [0.3, 0.4) is 0 Å². The first-order chi connectivity index (χ1) is 12.7. The minimum absolute atomic E-state index is 0.123. The van der Waals surface area contributed by atoms with Crippen LogP contribution in [-0.4, -0.2) is 26.8 Å². The van der Waals surface area contributed by atoms with Crippen molar-refractivity contribution < 1.29 is 4.79 Å². The summed E-state index contributed by atoms with van der Waals surface area (Å²) in [5, 5.41) is 0.599. The summed E-state index contributed by atoms with van der Waals surface area (Å²) in [5.41, 5.74) is 0.574. The number of nitrogens with one attached hydrogen (secondary N) is 1. The summed E-state index contributed by atoms with van der Waals surface area (Å²) in [7, 11) is 0. The fraction of sp³-hybridized carbons (Fsp3) is 0.571. The van der Waals surface area contributed by atoms with Gasteiger partial charge in [0.25, 0.3) is 5.56 Å². The number of nitrogens with zero attached hydrogens (tertiary/aromatic N) is 2. The second kappa shape index (κ2) is 7.60. The smallest absolute Gasteiger partial charge is 0.258 e. The van der Waals surface area contributed by atoms with Gasteiger partial charge in [0.05, 0.1) is 17.4 Å². The quantitative estimate of drug-likeness (QED) is 0.910. The standard InChI is InChI=1S/C21H27N3O2/c25-20-17-12-6-7-13-18(17)22-19(23-20)14-24(16-10-4-5-11-16)21(26)15-8-2-1-3-9-15/h6-7,12-13,15-16H,1-5,8-11,14H2,(H,22,23,25). The van der Waals surface area contributed by atoms with Crippen LogP contribution in [0.1, 0.15) is 63.6 Å². The first kappa shape index (κ1) is 17.3. The SMILES string of the molecule is O=C(C1CCCCC1)N(Cc1nc2ccccc2c(=O)[nH]1)C1CCCC1. The number of rotatable bonds is 4. The van der Waals surface area contributed by atoms with E-state index in [1.54, 1.807) is 6.07 Å². The Balaban J connectivity index is 1.62. The lowest BCUT2D eigenvalue weighted by Crippen LogP contribution is -2.43. The summed E-state index contributed by atoms with van der Waals surface area (Å²) in [5.74, 6) is 1.02. The molecular weight excluding hydrogens is 326 g/mol. The Labute approximate surface area is 153 Å². The fourth-order valence-electron chi connectivity index (χ4n) is 4.56. The molecular formula is C21H27N3O2. The molecule has 0 atom stereocenters. The number of benzene rings is 1. The lowest BCUT2D eigenvalue weighted by Gasteiger charge is -2.33. The predicted molar refractivity (Wildman–Crippen MR) is 102 cm³/mol. The summed E-state index contributed by atoms with van der Waals surface area (Å²) in [4.78, 5) is 35.2. The number of fused-ring (bicyclic) bond motifs is 1. The van der Waals surface area contributed by atoms with Gasteiger partial charge in [0.2, 0.25) is 5.91 Å². The molecule has 0 saturated heterocycles. The Morgan fingerprint density at radius 3 is 2.50 bits per heavy atom. The zero-order valence-electron chi connectivity index (χ0n) is 15.2. The molecule has 2 saturated carbocycles. The second-order valence-electron chi connectivity index (χ2n) is 7.77. The Hall–Kier alpha value is -2.17. The molecule has 0 spiro atoms. The van der Waals surface area contributed by atoms with E-state index in [9.17, 15) is 9.59 Å². The van der Waals surface area contributed by atoms with Gasteiger partial charge in [-0.3, -0.25) is 9.59 Å². The van der Waals surface area contributed by atoms with Crippen molar-refractivity contribution in [3.05, 3.63) is 40.4 Å². The molecule has 4 rings (SSSR count). The van der Waals surface area contributed by atoms with Gasteiger partial charge in [-0.2, -0.15) is 0 Å². The minimum atomic E-state index is -0.123. The lowest BCUT2D eigenvalue weighted by molar-refractivity contribution is -0.139. The number of aromatic nitrogens is 2. The lowest BCUT2D eigenvalue weighted by atomic mass is 9.88. The van der Waals surface area contributed by atoms with E-state index in [0.717, 1.165) is 38.5 Å². The Kier molecular flexibility index (Phi) is 5.05. The number of carbonyl (C=O) groups excluding carboxylic acids is 1. The van der Waals surface area contributed by atoms with E-state index in [1.165, 1.54) is 19.3 Å². The van der Waals surface area contributed by atoms with Crippen LogP contribution in [-0.2, 0) is 11.3 Å². The molecule has 0 bridgehead atoms. The normalized spacial score (nSPS) is 19.1. The largest absolute Gasteiger partial charge is 0.332 e. The molecule has 1 aromatic heterocycles. The molecule has 138 valence electrons. The zero-order valence-corrected chi connectivity index (χ0v) is 15.2. The van der Waals surface area contributed by atoms with E-state index in [1.807, 2.05) is 23.1 Å². The van der Waals surface area contributed by atoms with Crippen molar-refractivity contribution in [3.63, 3.8) is 0 Å². The van der Waals surface area contributed by atoms with Crippen LogP contribution in [0.2, 0.25) is 0 Å². The molecule has 1 aromatic carbocycles. The molecule has 0 radical (unpaired) electrons. The molecule has 5 heteroatoms. The Bertz CT molecular complexity index is 833. The summed E-state index contributed by atoms with van der Waals surface area (Å²) < 4.78 is 0. The number of hydrogen-bond donors (Lipinski definition) is 1. The van der Waals surface area contributed by atoms with Crippen molar-refractivity contribution >= 4 is 16.8 Å². The van der Waals surface area contributed by atoms with Gasteiger partial charge in [-0.15, -0.1) is 0 Å². The molecule has 2 aliphatic carbocycles. The number of amides is 1. The number of aromatic amines is 1. The fourth-order valence-corrected chi connectivity index (χ4v) is 4.56. The Morgan fingerprint density at radius 2 is 1.73 bits per heavy atom. The van der Waals surface area contributed by atoms with Gasteiger partial charge in [-0.1, -0.05) is 44.2 Å². The van der Waals surface area contributed by atoms with Crippen molar-refractivity contribution in [1.29, 1.82) is 0 Å². The van der Waals surface area contributed by atoms with Gasteiger partial charge in [0.15, 0.2) is 0 Å². The van der Waals surface area contributed by atoms with Crippen molar-refractivity contribution in [3.8, 4) is 0 Å². The molecule has 26 heavy (non-hydrogen) atoms. The van der Waals surface area contributed by atoms with E-state index in [4.69, 9.17) is 0 Å². The Morgan fingerprint density at radius 1 is 1.04 bits per heavy atom. The molecule has 0 aliphatic heterocycles. The van der Waals surface area contributed by atoms with Gasteiger partial charge in [-0.25, -0.2) is 4.98 Å². The highest BCUT2D eigenvalue weighted by Gasteiger charge is 2.32. The summed E-state index contributed by atoms with van der Waals surface area (Å²) in [6, 6.07) is 7.67. The van der Waals surface area contributed by atoms with E-state index < -0.39 is 0 Å². The van der Waals surface area contributed by atoms with Crippen LogP contribution in [0.25, 0.3) is 10.9 Å². The summed E-state index contributed by atoms with van der Waals surface area (Å²) in [6.45, 7) is 0.417. The highest BCUT2D eigenvalue weighted by molar-refractivity contribution is 5.79. The van der Waals surface area contributed by atoms with Crippen molar-refractivity contribution in [2.45, 2.75) is 70.4 Å². The van der Waals surface area contributed by atoms with Crippen molar-refractivity contribution in [1.82, 2.24) is 14.9 Å². The average molecular weight is 353 g/mol. The van der Waals surface area contributed by atoms with Gasteiger partial charge in [0.1, 0.15) is 5.82 Å². The third-order valence-corrected chi connectivity index (χ3v) is 5.98. The third kappa shape index (κ3) is 3.53. The molecule has 5 nitrogen and oxygen atoms in total. The highest BCUT2D eigenvalue weighted by Crippen LogP contribution is 2.30. The molecule has 1 N–H and O–H groups in total. The van der Waals surface area contributed by atoms with Crippen LogP contribution < -0.4 is 5.56 Å². The second-order valence-corrected chi connectivity index (χ2v) is 7.77. The number of H-pyrrole nitrogens is 1. The molecule has 2 aromatic rings. The predicted octanol–water partition coefficient (Wildman–Crippen LogP) is 3.77. The highest BCUT2D eigenvalue weighted by atomic mass is 16.2. The minimum Gasteiger partial charge on any atom is -0.332 e. The molecule has 0 unspecified atom stereocenters. The van der Waals surface area contributed by atoms with Crippen LogP contribution in [0.15, 0.2) is 29.1 Å². The van der Waals surface area contributed by atoms with Crippen molar-refractivity contribution in [2.75, 3.05) is 0 Å². The van der Waals surface area contributed by atoms with Gasteiger partial charge in [-0.05, 0) is 37.8 Å². The van der Waals surface area contributed by atoms with Crippen LogP contribution in [0.5, 0.6) is 0 Å². The molecule has 1 heterocycles. The summed E-state index contributed by atoms with van der Waals surface area (Å²) in [6.07, 6.45) is 10.0. The monoisotopic (exact) mass is 353 g/mol. The maximum Gasteiger partial charge on any atom is 0.258 e. The molecule has 2 aliphatic rings.